The Hall–Kier alpha value is -1.39. The van der Waals surface area contributed by atoms with Crippen LogP contribution in [0.2, 0.25) is 0 Å². The van der Waals surface area contributed by atoms with Gasteiger partial charge in [-0.15, -0.1) is 5.10 Å². The minimum Gasteiger partial charge on any atom is -0.481 e. The summed E-state index contributed by atoms with van der Waals surface area (Å²) in [6.45, 7) is 4.71. The molecule has 0 saturated carbocycles. The first kappa shape index (κ1) is 10.7. The van der Waals surface area contributed by atoms with Gasteiger partial charge < -0.3 is 5.11 Å². The van der Waals surface area contributed by atoms with Gasteiger partial charge in [0.1, 0.15) is 0 Å². The molecule has 0 spiro atoms. The third-order valence-corrected chi connectivity index (χ3v) is 2.07. The Labute approximate surface area is 82.7 Å². The fourth-order valence-corrected chi connectivity index (χ4v) is 1.40. The Kier molecular flexibility index (Phi) is 3.62. The summed E-state index contributed by atoms with van der Waals surface area (Å²) in [7, 11) is 0. The summed E-state index contributed by atoms with van der Waals surface area (Å²) in [6, 6.07) is 0. The molecule has 78 valence electrons. The summed E-state index contributed by atoms with van der Waals surface area (Å²) < 4.78 is 1.77. The van der Waals surface area contributed by atoms with Crippen LogP contribution in [-0.2, 0) is 11.3 Å². The van der Waals surface area contributed by atoms with E-state index in [-0.39, 0.29) is 12.3 Å². The van der Waals surface area contributed by atoms with Crippen LogP contribution in [0.3, 0.4) is 0 Å². The van der Waals surface area contributed by atoms with Crippen LogP contribution in [0.4, 0.5) is 0 Å². The van der Waals surface area contributed by atoms with Crippen LogP contribution in [0, 0.1) is 0 Å². The van der Waals surface area contributed by atoms with E-state index in [9.17, 15) is 4.79 Å². The van der Waals surface area contributed by atoms with Gasteiger partial charge in [0.25, 0.3) is 0 Å². The van der Waals surface area contributed by atoms with Gasteiger partial charge in [-0.2, -0.15) is 0 Å². The van der Waals surface area contributed by atoms with Crippen molar-refractivity contribution >= 4 is 5.97 Å². The van der Waals surface area contributed by atoms with Gasteiger partial charge in [0.05, 0.1) is 18.3 Å². The zero-order valence-corrected chi connectivity index (χ0v) is 8.47. The highest BCUT2D eigenvalue weighted by atomic mass is 16.4. The van der Waals surface area contributed by atoms with E-state index >= 15 is 0 Å². The van der Waals surface area contributed by atoms with Gasteiger partial charge in [0, 0.05) is 12.5 Å². The van der Waals surface area contributed by atoms with E-state index < -0.39 is 5.97 Å². The number of aryl methyl sites for hydroxylation is 1. The number of aromatic nitrogens is 3. The van der Waals surface area contributed by atoms with E-state index in [4.69, 9.17) is 5.11 Å². The summed E-state index contributed by atoms with van der Waals surface area (Å²) in [5.41, 5.74) is 0.897. The SMILES string of the molecule is CCCn1nncc1C(C)CC(=O)O. The van der Waals surface area contributed by atoms with Crippen LogP contribution < -0.4 is 0 Å². The molecule has 0 bridgehead atoms. The molecule has 0 aliphatic rings. The molecular weight excluding hydrogens is 182 g/mol. The third kappa shape index (κ3) is 2.55. The second kappa shape index (κ2) is 4.74. The second-order valence-corrected chi connectivity index (χ2v) is 3.38. The topological polar surface area (TPSA) is 68.0 Å². The van der Waals surface area contributed by atoms with Crippen LogP contribution in [0.15, 0.2) is 6.20 Å². The van der Waals surface area contributed by atoms with Gasteiger partial charge in [0.15, 0.2) is 0 Å². The molecule has 0 fully saturated rings. The summed E-state index contributed by atoms with van der Waals surface area (Å²) in [4.78, 5) is 10.5. The zero-order valence-electron chi connectivity index (χ0n) is 8.47. The highest BCUT2D eigenvalue weighted by Crippen LogP contribution is 2.17. The van der Waals surface area contributed by atoms with E-state index in [2.05, 4.69) is 10.3 Å². The summed E-state index contributed by atoms with van der Waals surface area (Å²) >= 11 is 0. The van der Waals surface area contributed by atoms with Crippen LogP contribution >= 0.6 is 0 Å². The molecule has 1 aromatic rings. The predicted molar refractivity (Wildman–Crippen MR) is 51.0 cm³/mol. The first-order valence-corrected chi connectivity index (χ1v) is 4.75. The predicted octanol–water partition coefficient (Wildman–Crippen LogP) is 1.27. The molecule has 5 heteroatoms. The van der Waals surface area contributed by atoms with Crippen molar-refractivity contribution in [2.24, 2.45) is 0 Å². The molecule has 0 saturated heterocycles. The van der Waals surface area contributed by atoms with E-state index in [1.807, 2.05) is 13.8 Å². The summed E-state index contributed by atoms with van der Waals surface area (Å²) in [6.07, 6.45) is 2.73. The Morgan fingerprint density at radius 1 is 1.71 bits per heavy atom. The molecule has 1 unspecified atom stereocenters. The standard InChI is InChI=1S/C9H15N3O2/c1-3-4-12-8(6-10-11-12)7(2)5-9(13)14/h6-7H,3-5H2,1-2H3,(H,13,14). The normalized spacial score (nSPS) is 12.7. The first-order valence-electron chi connectivity index (χ1n) is 4.75. The van der Waals surface area contributed by atoms with Crippen LogP contribution in [-0.4, -0.2) is 26.1 Å². The Morgan fingerprint density at radius 3 is 3.00 bits per heavy atom. The zero-order chi connectivity index (χ0) is 10.6. The van der Waals surface area contributed by atoms with Gasteiger partial charge in [-0.1, -0.05) is 19.1 Å². The fourth-order valence-electron chi connectivity index (χ4n) is 1.40. The van der Waals surface area contributed by atoms with E-state index in [1.165, 1.54) is 0 Å². The molecule has 14 heavy (non-hydrogen) atoms. The third-order valence-electron chi connectivity index (χ3n) is 2.07. The van der Waals surface area contributed by atoms with Crippen molar-refractivity contribution in [3.05, 3.63) is 11.9 Å². The van der Waals surface area contributed by atoms with Crippen LogP contribution in [0.25, 0.3) is 0 Å². The number of hydrogen-bond donors (Lipinski definition) is 1. The minimum absolute atomic E-state index is 0.0333. The van der Waals surface area contributed by atoms with E-state index in [1.54, 1.807) is 10.9 Å². The lowest BCUT2D eigenvalue weighted by Gasteiger charge is -2.09. The van der Waals surface area contributed by atoms with Crippen molar-refractivity contribution in [2.45, 2.75) is 39.2 Å². The number of carboxylic acids is 1. The van der Waals surface area contributed by atoms with Crippen molar-refractivity contribution in [3.63, 3.8) is 0 Å². The largest absolute Gasteiger partial charge is 0.481 e. The van der Waals surface area contributed by atoms with Gasteiger partial charge in [0.2, 0.25) is 0 Å². The Bertz CT molecular complexity index is 309. The molecule has 1 N–H and O–H groups in total. The van der Waals surface area contributed by atoms with Gasteiger partial charge in [-0.05, 0) is 6.42 Å². The minimum atomic E-state index is -0.790. The molecule has 1 atom stereocenters. The molecule has 0 amide bonds. The molecular formula is C9H15N3O2. The summed E-state index contributed by atoms with van der Waals surface area (Å²) in [5.74, 6) is -0.823. The molecule has 0 aliphatic heterocycles. The van der Waals surface area contributed by atoms with Crippen molar-refractivity contribution in [3.8, 4) is 0 Å². The molecule has 0 aromatic carbocycles. The smallest absolute Gasteiger partial charge is 0.304 e. The summed E-state index contributed by atoms with van der Waals surface area (Å²) in [5, 5.41) is 16.4. The van der Waals surface area contributed by atoms with Gasteiger partial charge >= 0.3 is 5.97 Å². The number of carbonyl (C=O) groups is 1. The quantitative estimate of drug-likeness (QED) is 0.771. The van der Waals surface area contributed by atoms with Gasteiger partial charge in [-0.3, -0.25) is 4.79 Å². The molecule has 0 radical (unpaired) electrons. The lowest BCUT2D eigenvalue weighted by Crippen LogP contribution is -2.10. The number of aliphatic carboxylic acids is 1. The fraction of sp³-hybridized carbons (Fsp3) is 0.667. The maximum atomic E-state index is 10.5. The second-order valence-electron chi connectivity index (χ2n) is 3.38. The molecule has 1 aromatic heterocycles. The van der Waals surface area contributed by atoms with Crippen LogP contribution in [0.1, 0.15) is 38.3 Å². The maximum Gasteiger partial charge on any atom is 0.304 e. The number of rotatable bonds is 5. The van der Waals surface area contributed by atoms with E-state index in [0.717, 1.165) is 18.7 Å². The number of carboxylic acid groups (broad SMARTS) is 1. The highest BCUT2D eigenvalue weighted by molar-refractivity contribution is 5.67. The van der Waals surface area contributed by atoms with Crippen molar-refractivity contribution in [2.75, 3.05) is 0 Å². The lowest BCUT2D eigenvalue weighted by atomic mass is 10.0. The van der Waals surface area contributed by atoms with Crippen molar-refractivity contribution in [1.29, 1.82) is 0 Å². The monoisotopic (exact) mass is 197 g/mol. The molecule has 5 nitrogen and oxygen atoms in total. The van der Waals surface area contributed by atoms with Crippen molar-refractivity contribution in [1.82, 2.24) is 15.0 Å². The average molecular weight is 197 g/mol. The molecule has 1 heterocycles. The number of nitrogens with zero attached hydrogens (tertiary/aromatic N) is 3. The maximum absolute atomic E-state index is 10.5. The average Bonchev–Trinajstić information content (AvgIpc) is 2.51. The lowest BCUT2D eigenvalue weighted by molar-refractivity contribution is -0.137. The molecule has 0 aliphatic carbocycles. The van der Waals surface area contributed by atoms with E-state index in [0.29, 0.717) is 0 Å². The Morgan fingerprint density at radius 2 is 2.43 bits per heavy atom. The highest BCUT2D eigenvalue weighted by Gasteiger charge is 2.14. The Balaban J connectivity index is 2.72. The number of hydrogen-bond acceptors (Lipinski definition) is 3. The van der Waals surface area contributed by atoms with Crippen LogP contribution in [0.5, 0.6) is 0 Å². The first-order chi connectivity index (χ1) is 6.65. The van der Waals surface area contributed by atoms with Crippen molar-refractivity contribution < 1.29 is 9.90 Å². The molecule has 1 rings (SSSR count). The van der Waals surface area contributed by atoms with Gasteiger partial charge in [-0.25, -0.2) is 4.68 Å².